The van der Waals surface area contributed by atoms with Crippen molar-refractivity contribution >= 4 is 23.2 Å². The number of nitrogens with one attached hydrogen (secondary N) is 1. The quantitative estimate of drug-likeness (QED) is 0.678. The van der Waals surface area contributed by atoms with Crippen LogP contribution in [0, 0.1) is 0 Å². The van der Waals surface area contributed by atoms with E-state index in [9.17, 15) is 9.59 Å². The zero-order valence-corrected chi connectivity index (χ0v) is 12.5. The van der Waals surface area contributed by atoms with E-state index in [2.05, 4.69) is 10.3 Å². The van der Waals surface area contributed by atoms with Gasteiger partial charge in [-0.05, 0) is 20.3 Å². The van der Waals surface area contributed by atoms with E-state index in [-0.39, 0.29) is 17.7 Å². The van der Waals surface area contributed by atoms with Crippen molar-refractivity contribution in [3.05, 3.63) is 16.1 Å². The number of carbonyl (C=O) groups is 2. The van der Waals surface area contributed by atoms with Crippen LogP contribution in [0.5, 0.6) is 0 Å². The van der Waals surface area contributed by atoms with Crippen molar-refractivity contribution in [3.63, 3.8) is 0 Å². The lowest BCUT2D eigenvalue weighted by Gasteiger charge is -2.07. The van der Waals surface area contributed by atoms with Crippen LogP contribution in [0.1, 0.15) is 42.2 Å². The van der Waals surface area contributed by atoms with Crippen LogP contribution in [0.2, 0.25) is 0 Å². The van der Waals surface area contributed by atoms with E-state index in [4.69, 9.17) is 9.84 Å². The van der Waals surface area contributed by atoms with Gasteiger partial charge in [0.15, 0.2) is 5.69 Å². The Balaban J connectivity index is 2.13. The number of thiazole rings is 1. The van der Waals surface area contributed by atoms with Gasteiger partial charge in [0.25, 0.3) is 0 Å². The minimum absolute atomic E-state index is 0.0210. The zero-order chi connectivity index (χ0) is 15.0. The molecule has 0 spiro atoms. The van der Waals surface area contributed by atoms with Crippen LogP contribution in [0.3, 0.4) is 0 Å². The maximum absolute atomic E-state index is 11.5. The molecule has 20 heavy (non-hydrogen) atoms. The number of carbonyl (C=O) groups excluding carboxylic acids is 1. The van der Waals surface area contributed by atoms with E-state index < -0.39 is 5.97 Å². The molecule has 0 saturated carbocycles. The SMILES string of the molecule is CC(C)OCCCC(=O)NCCc1nc(C(=O)O)cs1. The first-order chi connectivity index (χ1) is 9.49. The molecule has 1 aromatic heterocycles. The normalized spacial score (nSPS) is 10.8. The van der Waals surface area contributed by atoms with Gasteiger partial charge in [0.2, 0.25) is 5.91 Å². The lowest BCUT2D eigenvalue weighted by molar-refractivity contribution is -0.121. The Morgan fingerprint density at radius 3 is 2.85 bits per heavy atom. The second-order valence-corrected chi connectivity index (χ2v) is 5.50. The average molecular weight is 300 g/mol. The predicted octanol–water partition coefficient (Wildman–Crippen LogP) is 1.71. The third-order valence-corrected chi connectivity index (χ3v) is 3.34. The second kappa shape index (κ2) is 8.65. The number of hydrogen-bond acceptors (Lipinski definition) is 5. The number of rotatable bonds is 9. The number of aromatic carboxylic acids is 1. The van der Waals surface area contributed by atoms with Crippen molar-refractivity contribution in [2.45, 2.75) is 39.2 Å². The molecule has 2 N–H and O–H groups in total. The highest BCUT2D eigenvalue weighted by Gasteiger charge is 2.08. The van der Waals surface area contributed by atoms with Crippen molar-refractivity contribution in [2.24, 2.45) is 0 Å². The molecule has 6 nitrogen and oxygen atoms in total. The van der Waals surface area contributed by atoms with Gasteiger partial charge in [0, 0.05) is 31.4 Å². The molecule has 7 heteroatoms. The smallest absolute Gasteiger partial charge is 0.355 e. The van der Waals surface area contributed by atoms with E-state index in [0.29, 0.717) is 37.4 Å². The summed E-state index contributed by atoms with van der Waals surface area (Å²) in [4.78, 5) is 26.1. The van der Waals surface area contributed by atoms with Gasteiger partial charge in [-0.2, -0.15) is 0 Å². The topological polar surface area (TPSA) is 88.5 Å². The van der Waals surface area contributed by atoms with Crippen LogP contribution < -0.4 is 5.32 Å². The molecule has 1 aromatic rings. The predicted molar refractivity (Wildman–Crippen MR) is 76.1 cm³/mol. The summed E-state index contributed by atoms with van der Waals surface area (Å²) in [5, 5.41) is 13.7. The first-order valence-electron chi connectivity index (χ1n) is 6.55. The van der Waals surface area contributed by atoms with Crippen molar-refractivity contribution in [3.8, 4) is 0 Å². The number of carboxylic acids is 1. The summed E-state index contributed by atoms with van der Waals surface area (Å²) in [5.74, 6) is -1.05. The van der Waals surface area contributed by atoms with Crippen LogP contribution in [-0.2, 0) is 16.0 Å². The van der Waals surface area contributed by atoms with E-state index in [1.165, 1.54) is 16.7 Å². The first kappa shape index (κ1) is 16.6. The summed E-state index contributed by atoms with van der Waals surface area (Å²) in [6, 6.07) is 0. The molecule has 0 bridgehead atoms. The third kappa shape index (κ3) is 6.63. The summed E-state index contributed by atoms with van der Waals surface area (Å²) in [6.07, 6.45) is 1.87. The molecule has 1 heterocycles. The van der Waals surface area contributed by atoms with Crippen LogP contribution in [0.25, 0.3) is 0 Å². The molecular formula is C13H20N2O4S. The van der Waals surface area contributed by atoms with Gasteiger partial charge in [-0.1, -0.05) is 0 Å². The monoisotopic (exact) mass is 300 g/mol. The number of ether oxygens (including phenoxy) is 1. The van der Waals surface area contributed by atoms with Crippen LogP contribution in [0.4, 0.5) is 0 Å². The van der Waals surface area contributed by atoms with Crippen molar-refractivity contribution < 1.29 is 19.4 Å². The fraction of sp³-hybridized carbons (Fsp3) is 0.615. The summed E-state index contributed by atoms with van der Waals surface area (Å²) >= 11 is 1.29. The molecule has 0 fully saturated rings. The molecule has 0 aliphatic carbocycles. The van der Waals surface area contributed by atoms with Crippen LogP contribution in [0.15, 0.2) is 5.38 Å². The van der Waals surface area contributed by atoms with Crippen LogP contribution >= 0.6 is 11.3 Å². The molecule has 0 atom stereocenters. The maximum atomic E-state index is 11.5. The number of aromatic nitrogens is 1. The van der Waals surface area contributed by atoms with Gasteiger partial charge in [-0.25, -0.2) is 9.78 Å². The minimum atomic E-state index is -1.03. The van der Waals surface area contributed by atoms with E-state index in [1.807, 2.05) is 13.8 Å². The molecule has 1 rings (SSSR count). The van der Waals surface area contributed by atoms with Crippen molar-refractivity contribution in [1.82, 2.24) is 10.3 Å². The molecule has 0 aliphatic rings. The first-order valence-corrected chi connectivity index (χ1v) is 7.43. The summed E-state index contributed by atoms with van der Waals surface area (Å²) in [5.41, 5.74) is 0.0576. The Morgan fingerprint density at radius 2 is 2.25 bits per heavy atom. The van der Waals surface area contributed by atoms with E-state index in [0.717, 1.165) is 0 Å². The summed E-state index contributed by atoms with van der Waals surface area (Å²) in [7, 11) is 0. The highest BCUT2D eigenvalue weighted by Crippen LogP contribution is 2.09. The lowest BCUT2D eigenvalue weighted by Crippen LogP contribution is -2.25. The van der Waals surface area contributed by atoms with Crippen LogP contribution in [-0.4, -0.2) is 41.2 Å². The molecule has 0 unspecified atom stereocenters. The molecular weight excluding hydrogens is 280 g/mol. The van der Waals surface area contributed by atoms with Gasteiger partial charge < -0.3 is 15.2 Å². The number of carboxylic acid groups (broad SMARTS) is 1. The van der Waals surface area contributed by atoms with Gasteiger partial charge in [0.05, 0.1) is 11.1 Å². The molecule has 0 aliphatic heterocycles. The summed E-state index contributed by atoms with van der Waals surface area (Å²) in [6.45, 7) is 4.97. The Bertz CT molecular complexity index is 445. The Morgan fingerprint density at radius 1 is 1.50 bits per heavy atom. The maximum Gasteiger partial charge on any atom is 0.355 e. The highest BCUT2D eigenvalue weighted by molar-refractivity contribution is 7.09. The standard InChI is InChI=1S/C13H20N2O4S/c1-9(2)19-7-3-4-11(16)14-6-5-12-15-10(8-20-12)13(17)18/h8-9H,3-7H2,1-2H3,(H,14,16)(H,17,18). The van der Waals surface area contributed by atoms with E-state index >= 15 is 0 Å². The molecule has 0 saturated heterocycles. The van der Waals surface area contributed by atoms with Gasteiger partial charge >= 0.3 is 5.97 Å². The van der Waals surface area contributed by atoms with Gasteiger partial charge in [0.1, 0.15) is 0 Å². The van der Waals surface area contributed by atoms with Gasteiger partial charge in [-0.3, -0.25) is 4.79 Å². The van der Waals surface area contributed by atoms with Gasteiger partial charge in [-0.15, -0.1) is 11.3 Å². The highest BCUT2D eigenvalue weighted by atomic mass is 32.1. The third-order valence-electron chi connectivity index (χ3n) is 2.43. The number of nitrogens with zero attached hydrogens (tertiary/aromatic N) is 1. The fourth-order valence-electron chi connectivity index (χ4n) is 1.47. The number of amides is 1. The lowest BCUT2D eigenvalue weighted by atomic mass is 10.3. The average Bonchev–Trinajstić information content (AvgIpc) is 2.83. The summed E-state index contributed by atoms with van der Waals surface area (Å²) < 4.78 is 5.35. The molecule has 0 radical (unpaired) electrons. The largest absolute Gasteiger partial charge is 0.476 e. The Labute approximate surface area is 122 Å². The Kier molecular flexibility index (Phi) is 7.17. The molecule has 112 valence electrons. The van der Waals surface area contributed by atoms with E-state index in [1.54, 1.807) is 0 Å². The van der Waals surface area contributed by atoms with Crippen molar-refractivity contribution in [2.75, 3.05) is 13.2 Å². The molecule has 1 amide bonds. The molecule has 0 aromatic carbocycles. The fourth-order valence-corrected chi connectivity index (χ4v) is 2.25. The number of hydrogen-bond donors (Lipinski definition) is 2. The Hall–Kier alpha value is -1.47. The van der Waals surface area contributed by atoms with Crippen molar-refractivity contribution in [1.29, 1.82) is 0 Å². The zero-order valence-electron chi connectivity index (χ0n) is 11.7. The minimum Gasteiger partial charge on any atom is -0.476 e. The second-order valence-electron chi connectivity index (χ2n) is 4.55.